The Labute approximate surface area is 116 Å². The van der Waals surface area contributed by atoms with E-state index in [9.17, 15) is 0 Å². The Morgan fingerprint density at radius 3 is 3.15 bits per heavy atom. The molecular weight excluding hydrogens is 252 g/mol. The van der Waals surface area contributed by atoms with Gasteiger partial charge in [0.05, 0.1) is 12.6 Å². The zero-order chi connectivity index (χ0) is 13.4. The summed E-state index contributed by atoms with van der Waals surface area (Å²) >= 11 is 0. The molecule has 0 saturated carbocycles. The van der Waals surface area contributed by atoms with Gasteiger partial charge in [-0.2, -0.15) is 4.80 Å². The van der Waals surface area contributed by atoms with Crippen molar-refractivity contribution < 1.29 is 0 Å². The highest BCUT2D eigenvalue weighted by Gasteiger charge is 2.20. The Bertz CT molecular complexity index is 722. The maximum atomic E-state index is 4.49. The second-order valence-electron chi connectivity index (χ2n) is 5.19. The van der Waals surface area contributed by atoms with Crippen molar-refractivity contribution in [3.8, 4) is 0 Å². The van der Waals surface area contributed by atoms with E-state index in [2.05, 4.69) is 37.8 Å². The van der Waals surface area contributed by atoms with Crippen molar-refractivity contribution in [3.05, 3.63) is 41.9 Å². The Kier molecular flexibility index (Phi) is 2.74. The molecule has 0 bridgehead atoms. The number of benzene rings is 1. The minimum Gasteiger partial charge on any atom is -0.361 e. The molecule has 6 nitrogen and oxygen atoms in total. The summed E-state index contributed by atoms with van der Waals surface area (Å²) in [5.41, 5.74) is 2.32. The third-order valence-electron chi connectivity index (χ3n) is 3.83. The first kappa shape index (κ1) is 11.6. The number of nitrogens with zero attached hydrogens (tertiary/aromatic N) is 4. The number of fused-ring (bicyclic) bond motifs is 1. The van der Waals surface area contributed by atoms with Crippen LogP contribution in [0.2, 0.25) is 0 Å². The molecule has 1 unspecified atom stereocenters. The van der Waals surface area contributed by atoms with E-state index in [1.807, 2.05) is 18.3 Å². The molecule has 6 heteroatoms. The molecule has 4 rings (SSSR count). The van der Waals surface area contributed by atoms with Crippen molar-refractivity contribution in [2.75, 3.05) is 6.54 Å². The van der Waals surface area contributed by atoms with Crippen LogP contribution < -0.4 is 5.32 Å². The predicted molar refractivity (Wildman–Crippen MR) is 75.2 cm³/mol. The van der Waals surface area contributed by atoms with Gasteiger partial charge >= 0.3 is 0 Å². The third kappa shape index (κ3) is 1.98. The summed E-state index contributed by atoms with van der Waals surface area (Å²) in [7, 11) is 0. The molecule has 1 aliphatic rings. The number of hydrogen-bond acceptors (Lipinski definition) is 4. The molecule has 2 N–H and O–H groups in total. The monoisotopic (exact) mass is 268 g/mol. The molecule has 0 spiro atoms. The van der Waals surface area contributed by atoms with Crippen LogP contribution in [-0.4, -0.2) is 31.7 Å². The Hall–Kier alpha value is -2.21. The van der Waals surface area contributed by atoms with E-state index in [1.54, 1.807) is 4.80 Å². The average Bonchev–Trinajstić information content (AvgIpc) is 3.19. The Morgan fingerprint density at radius 2 is 2.25 bits per heavy atom. The zero-order valence-corrected chi connectivity index (χ0v) is 11.1. The molecular formula is C14H16N6. The van der Waals surface area contributed by atoms with Crippen LogP contribution in [0, 0.1) is 0 Å². The van der Waals surface area contributed by atoms with E-state index in [-0.39, 0.29) is 6.04 Å². The summed E-state index contributed by atoms with van der Waals surface area (Å²) in [6, 6.07) is 8.52. The van der Waals surface area contributed by atoms with Crippen LogP contribution >= 0.6 is 0 Å². The van der Waals surface area contributed by atoms with Gasteiger partial charge in [-0.05, 0) is 30.7 Å². The van der Waals surface area contributed by atoms with Crippen molar-refractivity contribution in [1.29, 1.82) is 0 Å². The smallest absolute Gasteiger partial charge is 0.191 e. The molecule has 3 aromatic rings. The standard InChI is InChI=1S/C14H16N6/c1-2-5-12-11(4-1)10(8-16-12)9-20-18-14(17-19-20)13-6-3-7-15-13/h1-2,4-5,8,13,15-16H,3,6-7,9H2. The van der Waals surface area contributed by atoms with Crippen LogP contribution in [0.15, 0.2) is 30.5 Å². The molecule has 0 aliphatic carbocycles. The SMILES string of the molecule is c1ccc2c(Cn3nnc(C4CCCN4)n3)c[nH]c2c1. The highest BCUT2D eigenvalue weighted by atomic mass is 15.6. The largest absolute Gasteiger partial charge is 0.361 e. The van der Waals surface area contributed by atoms with Crippen LogP contribution in [0.4, 0.5) is 0 Å². The molecule has 102 valence electrons. The zero-order valence-electron chi connectivity index (χ0n) is 11.1. The summed E-state index contributed by atoms with van der Waals surface area (Å²) in [4.78, 5) is 4.94. The summed E-state index contributed by atoms with van der Waals surface area (Å²) in [5.74, 6) is 0.808. The lowest BCUT2D eigenvalue weighted by atomic mass is 10.2. The predicted octanol–water partition coefficient (Wildman–Crippen LogP) is 1.63. The van der Waals surface area contributed by atoms with Gasteiger partial charge in [0.25, 0.3) is 0 Å². The van der Waals surface area contributed by atoms with Crippen LogP contribution in [0.3, 0.4) is 0 Å². The van der Waals surface area contributed by atoms with Gasteiger partial charge in [0.15, 0.2) is 5.82 Å². The molecule has 1 aromatic carbocycles. The second kappa shape index (κ2) is 4.72. The number of tetrazole rings is 1. The van der Waals surface area contributed by atoms with Crippen LogP contribution in [0.5, 0.6) is 0 Å². The number of nitrogens with one attached hydrogen (secondary N) is 2. The fourth-order valence-electron chi connectivity index (χ4n) is 2.78. The Morgan fingerprint density at radius 1 is 1.30 bits per heavy atom. The van der Waals surface area contributed by atoms with Gasteiger partial charge in [0, 0.05) is 22.7 Å². The van der Waals surface area contributed by atoms with E-state index in [0.29, 0.717) is 6.54 Å². The molecule has 1 aliphatic heterocycles. The Balaban J connectivity index is 1.59. The lowest BCUT2D eigenvalue weighted by Crippen LogP contribution is -2.14. The molecule has 1 fully saturated rings. The van der Waals surface area contributed by atoms with E-state index in [1.165, 1.54) is 17.4 Å². The first-order valence-electron chi connectivity index (χ1n) is 6.96. The van der Waals surface area contributed by atoms with Gasteiger partial charge in [0.2, 0.25) is 0 Å². The maximum absolute atomic E-state index is 4.49. The normalized spacial score (nSPS) is 18.9. The number of rotatable bonds is 3. The van der Waals surface area contributed by atoms with Gasteiger partial charge in [-0.15, -0.1) is 10.2 Å². The van der Waals surface area contributed by atoms with Crippen molar-refractivity contribution in [3.63, 3.8) is 0 Å². The summed E-state index contributed by atoms with van der Waals surface area (Å²) < 4.78 is 0. The fraction of sp³-hybridized carbons (Fsp3) is 0.357. The highest BCUT2D eigenvalue weighted by Crippen LogP contribution is 2.20. The van der Waals surface area contributed by atoms with Gasteiger partial charge in [-0.3, -0.25) is 0 Å². The van der Waals surface area contributed by atoms with E-state index < -0.39 is 0 Å². The van der Waals surface area contributed by atoms with Gasteiger partial charge in [-0.25, -0.2) is 0 Å². The minimum atomic E-state index is 0.270. The summed E-state index contributed by atoms with van der Waals surface area (Å²) in [5, 5.41) is 17.4. The van der Waals surface area contributed by atoms with Crippen LogP contribution in [0.1, 0.15) is 30.3 Å². The number of aromatic amines is 1. The average molecular weight is 268 g/mol. The van der Waals surface area contributed by atoms with E-state index in [0.717, 1.165) is 24.3 Å². The van der Waals surface area contributed by atoms with Gasteiger partial charge in [-0.1, -0.05) is 18.2 Å². The van der Waals surface area contributed by atoms with E-state index in [4.69, 9.17) is 0 Å². The quantitative estimate of drug-likeness (QED) is 0.757. The number of aromatic nitrogens is 5. The van der Waals surface area contributed by atoms with Crippen molar-refractivity contribution in [2.45, 2.75) is 25.4 Å². The molecule has 2 aromatic heterocycles. The van der Waals surface area contributed by atoms with Crippen molar-refractivity contribution in [1.82, 2.24) is 30.5 Å². The minimum absolute atomic E-state index is 0.270. The molecule has 0 radical (unpaired) electrons. The second-order valence-corrected chi connectivity index (χ2v) is 5.19. The number of hydrogen-bond donors (Lipinski definition) is 2. The van der Waals surface area contributed by atoms with Gasteiger partial charge in [0.1, 0.15) is 0 Å². The summed E-state index contributed by atoms with van der Waals surface area (Å²) in [6.45, 7) is 1.69. The summed E-state index contributed by atoms with van der Waals surface area (Å²) in [6.07, 6.45) is 4.29. The fourth-order valence-corrected chi connectivity index (χ4v) is 2.78. The maximum Gasteiger partial charge on any atom is 0.191 e. The molecule has 0 amide bonds. The van der Waals surface area contributed by atoms with Crippen LogP contribution in [-0.2, 0) is 6.54 Å². The van der Waals surface area contributed by atoms with Crippen molar-refractivity contribution in [2.24, 2.45) is 0 Å². The van der Waals surface area contributed by atoms with Crippen LogP contribution in [0.25, 0.3) is 10.9 Å². The first-order chi connectivity index (χ1) is 9.90. The topological polar surface area (TPSA) is 71.4 Å². The third-order valence-corrected chi connectivity index (χ3v) is 3.83. The molecule has 3 heterocycles. The molecule has 1 atom stereocenters. The van der Waals surface area contributed by atoms with Crippen molar-refractivity contribution >= 4 is 10.9 Å². The molecule has 1 saturated heterocycles. The molecule has 20 heavy (non-hydrogen) atoms. The van der Waals surface area contributed by atoms with E-state index >= 15 is 0 Å². The highest BCUT2D eigenvalue weighted by molar-refractivity contribution is 5.82. The lowest BCUT2D eigenvalue weighted by Gasteiger charge is -2.02. The lowest BCUT2D eigenvalue weighted by molar-refractivity contribution is 0.559. The number of para-hydroxylation sites is 1. The first-order valence-corrected chi connectivity index (χ1v) is 6.96. The number of H-pyrrole nitrogens is 1. The van der Waals surface area contributed by atoms with Gasteiger partial charge < -0.3 is 10.3 Å².